The Labute approximate surface area is 142 Å². The van der Waals surface area contributed by atoms with E-state index in [2.05, 4.69) is 73.3 Å². The quantitative estimate of drug-likeness (QED) is 0.285. The molecule has 0 aliphatic heterocycles. The molecule has 0 aliphatic rings. The Morgan fingerprint density at radius 1 is 1.05 bits per heavy atom. The second kappa shape index (κ2) is 8.92. The van der Waals surface area contributed by atoms with E-state index in [1.54, 1.807) is 3.58 Å². The minimum atomic E-state index is -2.08. The summed E-state index contributed by atoms with van der Waals surface area (Å²) in [4.78, 5) is 7.42. The van der Waals surface area contributed by atoms with Gasteiger partial charge in [-0.15, -0.1) is 0 Å². The van der Waals surface area contributed by atoms with Gasteiger partial charge in [-0.1, -0.05) is 13.8 Å². The van der Waals surface area contributed by atoms with Crippen LogP contribution in [0.4, 0.5) is 0 Å². The van der Waals surface area contributed by atoms with Gasteiger partial charge < -0.3 is 0 Å². The average Bonchev–Trinajstić information content (AvgIpc) is 2.45. The van der Waals surface area contributed by atoms with Crippen LogP contribution >= 0.6 is 28.5 Å². The van der Waals surface area contributed by atoms with E-state index < -0.39 is 18.4 Å². The summed E-state index contributed by atoms with van der Waals surface area (Å²) in [6, 6.07) is 13.3. The number of fused-ring (bicyclic) bond motifs is 1. The SMILES string of the molecule is CC.[CH3][Sn]([CH3])([CH3])[c]1cccc2cccc(COPI)c12. The van der Waals surface area contributed by atoms with Crippen molar-refractivity contribution in [1.82, 2.24) is 0 Å². The molecule has 2 aromatic carbocycles. The molecule has 110 valence electrons. The van der Waals surface area contributed by atoms with Crippen molar-refractivity contribution in [2.75, 3.05) is 0 Å². The first kappa shape index (κ1) is 18.7. The van der Waals surface area contributed by atoms with Crippen molar-refractivity contribution >= 4 is 61.2 Å². The van der Waals surface area contributed by atoms with Crippen molar-refractivity contribution in [2.45, 2.75) is 35.3 Å². The summed E-state index contributed by atoms with van der Waals surface area (Å²) in [5.74, 6) is 0. The van der Waals surface area contributed by atoms with Gasteiger partial charge in [0.25, 0.3) is 0 Å². The fourth-order valence-corrected chi connectivity index (χ4v) is 7.66. The summed E-state index contributed by atoms with van der Waals surface area (Å²) in [6.45, 7) is 5.26. The van der Waals surface area contributed by atoms with Crippen LogP contribution < -0.4 is 3.58 Å². The second-order valence-electron chi connectivity index (χ2n) is 5.44. The fourth-order valence-electron chi connectivity index (χ4n) is 2.27. The minimum absolute atomic E-state index is 0.525. The van der Waals surface area contributed by atoms with E-state index in [4.69, 9.17) is 4.52 Å². The van der Waals surface area contributed by atoms with Gasteiger partial charge in [-0.05, 0) is 0 Å². The zero-order valence-corrected chi connectivity index (χ0v) is 19.0. The Kier molecular flexibility index (Phi) is 8.32. The molecule has 0 amide bonds. The summed E-state index contributed by atoms with van der Waals surface area (Å²) >= 11 is 0.201. The third kappa shape index (κ3) is 4.82. The zero-order chi connectivity index (χ0) is 15.2. The molecule has 1 unspecified atom stereocenters. The molecule has 0 heterocycles. The standard InChI is InChI=1S/C11H9IOP.C2H6.3CH3.Sn/c12-14-13-8-10-6-3-5-9-4-1-2-7-11(9)10;1-2;;;;/h1-6,14H,8H2;1-2H3;3*1H3;. The molecule has 0 N–H and O–H groups in total. The van der Waals surface area contributed by atoms with Gasteiger partial charge in [0.2, 0.25) is 0 Å². The Morgan fingerprint density at radius 2 is 1.65 bits per heavy atom. The van der Waals surface area contributed by atoms with Crippen LogP contribution in [0.15, 0.2) is 36.4 Å². The molecule has 0 aromatic heterocycles. The van der Waals surface area contributed by atoms with Gasteiger partial charge in [0.1, 0.15) is 0 Å². The molecule has 0 aliphatic carbocycles. The summed E-state index contributed by atoms with van der Waals surface area (Å²) in [5.41, 5.74) is 1.35. The Morgan fingerprint density at radius 3 is 2.20 bits per heavy atom. The fraction of sp³-hybridized carbons (Fsp3) is 0.375. The van der Waals surface area contributed by atoms with Gasteiger partial charge in [-0.25, -0.2) is 0 Å². The molecule has 1 atom stereocenters. The summed E-state index contributed by atoms with van der Waals surface area (Å²) in [7, 11) is 0. The van der Waals surface area contributed by atoms with Crippen molar-refractivity contribution < 1.29 is 4.52 Å². The zero-order valence-electron chi connectivity index (χ0n) is 13.0. The predicted molar refractivity (Wildman–Crippen MR) is 105 cm³/mol. The van der Waals surface area contributed by atoms with E-state index in [1.807, 2.05) is 13.8 Å². The topological polar surface area (TPSA) is 9.23 Å². The first-order valence-corrected chi connectivity index (χ1v) is 21.0. The third-order valence-electron chi connectivity index (χ3n) is 3.08. The molecule has 1 nitrogen and oxygen atoms in total. The Balaban J connectivity index is 0.000000956. The third-order valence-corrected chi connectivity index (χ3v) is 10.1. The van der Waals surface area contributed by atoms with Crippen molar-refractivity contribution in [3.8, 4) is 0 Å². The van der Waals surface area contributed by atoms with Gasteiger partial charge in [0.05, 0.1) is 0 Å². The van der Waals surface area contributed by atoms with E-state index in [0.717, 1.165) is 6.61 Å². The van der Waals surface area contributed by atoms with Gasteiger partial charge in [0.15, 0.2) is 0 Å². The van der Waals surface area contributed by atoms with Crippen LogP contribution in [-0.2, 0) is 11.1 Å². The summed E-state index contributed by atoms with van der Waals surface area (Å²) in [6.07, 6.45) is 0. The molecule has 4 heteroatoms. The van der Waals surface area contributed by atoms with E-state index in [0.29, 0.717) is 6.45 Å². The molecule has 0 saturated heterocycles. The van der Waals surface area contributed by atoms with Crippen LogP contribution in [0.3, 0.4) is 0 Å². The molecular formula is C16H24IOPSn. The van der Waals surface area contributed by atoms with E-state index in [9.17, 15) is 0 Å². The molecule has 0 bridgehead atoms. The Bertz CT molecular complexity index is 546. The van der Waals surface area contributed by atoms with Gasteiger partial charge in [-0.3, -0.25) is 0 Å². The van der Waals surface area contributed by atoms with Gasteiger partial charge in [-0.2, -0.15) is 0 Å². The molecule has 2 aromatic rings. The molecule has 0 saturated carbocycles. The molecule has 0 spiro atoms. The molecule has 2 rings (SSSR count). The van der Waals surface area contributed by atoms with Crippen LogP contribution in [-0.4, -0.2) is 18.4 Å². The molecule has 20 heavy (non-hydrogen) atoms. The normalized spacial score (nSPS) is 11.7. The molecular weight excluding hydrogens is 485 g/mol. The van der Waals surface area contributed by atoms with Crippen molar-refractivity contribution in [3.05, 3.63) is 42.0 Å². The van der Waals surface area contributed by atoms with E-state index in [1.165, 1.54) is 16.3 Å². The summed E-state index contributed by atoms with van der Waals surface area (Å²) < 4.78 is 7.24. The van der Waals surface area contributed by atoms with Crippen LogP contribution in [0.5, 0.6) is 0 Å². The molecule has 0 fully saturated rings. The Hall–Kier alpha value is 0.619. The van der Waals surface area contributed by atoms with Crippen molar-refractivity contribution in [2.24, 2.45) is 0 Å². The number of hydrogen-bond donors (Lipinski definition) is 0. The first-order valence-electron chi connectivity index (χ1n) is 7.02. The number of rotatable bonds is 4. The van der Waals surface area contributed by atoms with Crippen LogP contribution in [0.1, 0.15) is 19.4 Å². The van der Waals surface area contributed by atoms with Crippen LogP contribution in [0.2, 0.25) is 14.8 Å². The van der Waals surface area contributed by atoms with Gasteiger partial charge in [0, 0.05) is 0 Å². The average molecular weight is 509 g/mol. The predicted octanol–water partition coefficient (Wildman–Crippen LogP) is 5.87. The number of halogens is 1. The molecule has 0 radical (unpaired) electrons. The maximum absolute atomic E-state index is 5.63. The summed E-state index contributed by atoms with van der Waals surface area (Å²) in [5, 5.41) is 2.81. The second-order valence-corrected chi connectivity index (χ2v) is 21.6. The van der Waals surface area contributed by atoms with E-state index >= 15 is 0 Å². The van der Waals surface area contributed by atoms with Gasteiger partial charge >= 0.3 is 129 Å². The number of hydrogen-bond acceptors (Lipinski definition) is 1. The number of benzene rings is 2. The van der Waals surface area contributed by atoms with Crippen LogP contribution in [0, 0.1) is 0 Å². The van der Waals surface area contributed by atoms with E-state index in [-0.39, 0.29) is 0 Å². The monoisotopic (exact) mass is 510 g/mol. The van der Waals surface area contributed by atoms with Crippen molar-refractivity contribution in [3.63, 3.8) is 0 Å². The van der Waals surface area contributed by atoms with Crippen molar-refractivity contribution in [1.29, 1.82) is 0 Å². The first-order chi connectivity index (χ1) is 9.54. The maximum atomic E-state index is 5.63. The van der Waals surface area contributed by atoms with Crippen LogP contribution in [0.25, 0.3) is 10.8 Å².